The SMILES string of the molecule is NCC1(C(O)c2ccc(OC(F)(F)F)cc2)CCCC1. The molecule has 0 amide bonds. The fourth-order valence-corrected chi connectivity index (χ4v) is 2.87. The summed E-state index contributed by atoms with van der Waals surface area (Å²) in [6.07, 6.45) is -1.75. The molecule has 20 heavy (non-hydrogen) atoms. The number of alkyl halides is 3. The summed E-state index contributed by atoms with van der Waals surface area (Å²) in [5.74, 6) is -0.290. The molecule has 0 radical (unpaired) electrons. The summed E-state index contributed by atoms with van der Waals surface area (Å²) in [5, 5.41) is 10.5. The van der Waals surface area contributed by atoms with Crippen LogP contribution in [0.2, 0.25) is 0 Å². The van der Waals surface area contributed by atoms with E-state index in [1.165, 1.54) is 24.3 Å². The van der Waals surface area contributed by atoms with E-state index in [-0.39, 0.29) is 11.2 Å². The predicted octanol–water partition coefficient (Wildman–Crippen LogP) is 3.14. The number of benzene rings is 1. The Morgan fingerprint density at radius 1 is 1.20 bits per heavy atom. The zero-order valence-electron chi connectivity index (χ0n) is 11.0. The normalized spacial score (nSPS) is 19.9. The molecular weight excluding hydrogens is 271 g/mol. The Kier molecular flexibility index (Phi) is 4.25. The van der Waals surface area contributed by atoms with E-state index in [4.69, 9.17) is 5.73 Å². The van der Waals surface area contributed by atoms with Gasteiger partial charge in [0.1, 0.15) is 5.75 Å². The molecule has 0 spiro atoms. The lowest BCUT2D eigenvalue weighted by Crippen LogP contribution is -2.34. The second kappa shape index (κ2) is 5.61. The molecule has 0 heterocycles. The van der Waals surface area contributed by atoms with E-state index in [0.717, 1.165) is 25.7 Å². The van der Waals surface area contributed by atoms with E-state index < -0.39 is 12.5 Å². The molecule has 1 aliphatic carbocycles. The number of aliphatic hydroxyl groups is 1. The van der Waals surface area contributed by atoms with Crippen molar-refractivity contribution in [3.05, 3.63) is 29.8 Å². The van der Waals surface area contributed by atoms with Crippen molar-refractivity contribution in [2.24, 2.45) is 11.1 Å². The van der Waals surface area contributed by atoms with Gasteiger partial charge >= 0.3 is 6.36 Å². The third-order valence-corrected chi connectivity index (χ3v) is 4.02. The van der Waals surface area contributed by atoms with E-state index in [9.17, 15) is 18.3 Å². The standard InChI is InChI=1S/C14H18F3NO2/c15-14(16,17)20-11-5-3-10(4-6-11)12(19)13(9-18)7-1-2-8-13/h3-6,12,19H,1-2,7-9,18H2. The molecule has 0 aromatic heterocycles. The Hall–Kier alpha value is -1.27. The van der Waals surface area contributed by atoms with E-state index in [1.54, 1.807) is 0 Å². The molecule has 3 nitrogen and oxygen atoms in total. The lowest BCUT2D eigenvalue weighted by Gasteiger charge is -2.33. The van der Waals surface area contributed by atoms with E-state index in [0.29, 0.717) is 12.1 Å². The molecule has 6 heteroatoms. The summed E-state index contributed by atoms with van der Waals surface area (Å²) in [6, 6.07) is 5.35. The van der Waals surface area contributed by atoms with Crippen molar-refractivity contribution in [3.63, 3.8) is 0 Å². The van der Waals surface area contributed by atoms with E-state index >= 15 is 0 Å². The number of rotatable bonds is 4. The lowest BCUT2D eigenvalue weighted by molar-refractivity contribution is -0.274. The smallest absolute Gasteiger partial charge is 0.406 e. The van der Waals surface area contributed by atoms with Gasteiger partial charge in [-0.15, -0.1) is 13.2 Å². The first-order valence-corrected chi connectivity index (χ1v) is 6.60. The molecule has 0 saturated heterocycles. The highest BCUT2D eigenvalue weighted by Crippen LogP contribution is 2.46. The van der Waals surface area contributed by atoms with Gasteiger partial charge in [-0.25, -0.2) is 0 Å². The van der Waals surface area contributed by atoms with Crippen molar-refractivity contribution in [2.45, 2.75) is 38.1 Å². The maximum atomic E-state index is 12.1. The molecule has 1 atom stereocenters. The van der Waals surface area contributed by atoms with E-state index in [2.05, 4.69) is 4.74 Å². The summed E-state index contributed by atoms with van der Waals surface area (Å²) in [6.45, 7) is 0.370. The van der Waals surface area contributed by atoms with Gasteiger partial charge in [0.2, 0.25) is 0 Å². The van der Waals surface area contributed by atoms with Gasteiger partial charge in [0, 0.05) is 12.0 Å². The van der Waals surface area contributed by atoms with Crippen LogP contribution in [0.1, 0.15) is 37.4 Å². The third kappa shape index (κ3) is 3.24. The highest BCUT2D eigenvalue weighted by atomic mass is 19.4. The van der Waals surface area contributed by atoms with Crippen LogP contribution >= 0.6 is 0 Å². The minimum absolute atomic E-state index is 0.290. The van der Waals surface area contributed by atoms with Crippen LogP contribution in [0.5, 0.6) is 5.75 Å². The van der Waals surface area contributed by atoms with Gasteiger partial charge in [0.05, 0.1) is 6.10 Å². The van der Waals surface area contributed by atoms with Gasteiger partial charge < -0.3 is 15.6 Å². The van der Waals surface area contributed by atoms with Crippen molar-refractivity contribution in [1.82, 2.24) is 0 Å². The number of halogens is 3. The Bertz CT molecular complexity index is 439. The third-order valence-electron chi connectivity index (χ3n) is 4.02. The van der Waals surface area contributed by atoms with Gasteiger partial charge in [-0.1, -0.05) is 25.0 Å². The fourth-order valence-electron chi connectivity index (χ4n) is 2.87. The predicted molar refractivity (Wildman–Crippen MR) is 68.0 cm³/mol. The van der Waals surface area contributed by atoms with Crippen LogP contribution in [-0.4, -0.2) is 18.0 Å². The summed E-state index contributed by atoms with van der Waals surface area (Å²) < 4.78 is 40.0. The van der Waals surface area contributed by atoms with Crippen molar-refractivity contribution in [2.75, 3.05) is 6.54 Å². The van der Waals surface area contributed by atoms with Gasteiger partial charge in [-0.05, 0) is 30.5 Å². The highest BCUT2D eigenvalue weighted by molar-refractivity contribution is 5.30. The average molecular weight is 289 g/mol. The second-order valence-electron chi connectivity index (χ2n) is 5.29. The maximum absolute atomic E-state index is 12.1. The van der Waals surface area contributed by atoms with Crippen molar-refractivity contribution in [1.29, 1.82) is 0 Å². The quantitative estimate of drug-likeness (QED) is 0.895. The van der Waals surface area contributed by atoms with Gasteiger partial charge in [-0.2, -0.15) is 0 Å². The number of aliphatic hydroxyl groups excluding tert-OH is 1. The van der Waals surface area contributed by atoms with Crippen LogP contribution in [0.25, 0.3) is 0 Å². The Labute approximate surface area is 115 Å². The molecular formula is C14H18F3NO2. The first-order valence-electron chi connectivity index (χ1n) is 6.60. The summed E-state index contributed by atoms with van der Waals surface area (Å²) in [7, 11) is 0. The van der Waals surface area contributed by atoms with Gasteiger partial charge in [0.25, 0.3) is 0 Å². The lowest BCUT2D eigenvalue weighted by atomic mass is 9.77. The molecule has 112 valence electrons. The molecule has 0 aliphatic heterocycles. The molecule has 1 fully saturated rings. The molecule has 3 N–H and O–H groups in total. The van der Waals surface area contributed by atoms with Crippen LogP contribution in [-0.2, 0) is 0 Å². The molecule has 1 aromatic carbocycles. The summed E-state index contributed by atoms with van der Waals surface area (Å²) in [5.41, 5.74) is 6.01. The number of nitrogens with two attached hydrogens (primary N) is 1. The van der Waals surface area contributed by atoms with Gasteiger partial charge in [-0.3, -0.25) is 0 Å². The minimum atomic E-state index is -4.70. The fraction of sp³-hybridized carbons (Fsp3) is 0.571. The molecule has 1 unspecified atom stereocenters. The van der Waals surface area contributed by atoms with Crippen molar-refractivity contribution < 1.29 is 23.0 Å². The topological polar surface area (TPSA) is 55.5 Å². The van der Waals surface area contributed by atoms with Crippen molar-refractivity contribution in [3.8, 4) is 5.75 Å². The van der Waals surface area contributed by atoms with E-state index in [1.807, 2.05) is 0 Å². The van der Waals surface area contributed by atoms with Crippen LogP contribution in [0.4, 0.5) is 13.2 Å². The highest BCUT2D eigenvalue weighted by Gasteiger charge is 2.40. The molecule has 1 saturated carbocycles. The van der Waals surface area contributed by atoms with Crippen molar-refractivity contribution >= 4 is 0 Å². The molecule has 0 bridgehead atoms. The minimum Gasteiger partial charge on any atom is -0.406 e. The largest absolute Gasteiger partial charge is 0.573 e. The van der Waals surface area contributed by atoms with Crippen LogP contribution in [0.15, 0.2) is 24.3 Å². The Morgan fingerprint density at radius 2 is 1.75 bits per heavy atom. The Morgan fingerprint density at radius 3 is 2.20 bits per heavy atom. The van der Waals surface area contributed by atoms with Gasteiger partial charge in [0.15, 0.2) is 0 Å². The average Bonchev–Trinajstić information content (AvgIpc) is 2.87. The number of hydrogen-bond donors (Lipinski definition) is 2. The first-order chi connectivity index (χ1) is 9.36. The zero-order valence-corrected chi connectivity index (χ0v) is 11.0. The summed E-state index contributed by atoms with van der Waals surface area (Å²) in [4.78, 5) is 0. The van der Waals surface area contributed by atoms with Crippen LogP contribution < -0.4 is 10.5 Å². The summed E-state index contributed by atoms with van der Waals surface area (Å²) >= 11 is 0. The molecule has 2 rings (SSSR count). The number of ether oxygens (including phenoxy) is 1. The molecule has 1 aliphatic rings. The Balaban J connectivity index is 2.13. The zero-order chi connectivity index (χ0) is 14.8. The van der Waals surface area contributed by atoms with Crippen LogP contribution in [0, 0.1) is 5.41 Å². The monoisotopic (exact) mass is 289 g/mol. The number of hydrogen-bond acceptors (Lipinski definition) is 3. The molecule has 1 aromatic rings. The second-order valence-corrected chi connectivity index (χ2v) is 5.29. The van der Waals surface area contributed by atoms with Crippen LogP contribution in [0.3, 0.4) is 0 Å². The maximum Gasteiger partial charge on any atom is 0.573 e. The first kappa shape index (κ1) is 15.1.